The van der Waals surface area contributed by atoms with Crippen molar-refractivity contribution in [2.45, 2.75) is 39.5 Å². The van der Waals surface area contributed by atoms with Gasteiger partial charge in [-0.2, -0.15) is 13.2 Å². The molecule has 1 N–H and O–H groups in total. The Labute approximate surface area is 147 Å². The topological polar surface area (TPSA) is 81.4 Å². The van der Waals surface area contributed by atoms with Gasteiger partial charge in [0.2, 0.25) is 5.69 Å². The van der Waals surface area contributed by atoms with Crippen LogP contribution in [0.15, 0.2) is 28.8 Å². The number of aromatic nitrogens is 1. The van der Waals surface area contributed by atoms with E-state index < -0.39 is 29.2 Å². The van der Waals surface area contributed by atoms with Crippen molar-refractivity contribution in [2.24, 2.45) is 0 Å². The van der Waals surface area contributed by atoms with Gasteiger partial charge in [0.25, 0.3) is 5.91 Å². The van der Waals surface area contributed by atoms with Crippen molar-refractivity contribution in [3.05, 3.63) is 46.8 Å². The predicted octanol–water partition coefficient (Wildman–Crippen LogP) is 4.21. The minimum Gasteiger partial charge on any atom is -0.455 e. The summed E-state index contributed by atoms with van der Waals surface area (Å²) in [5, 5.41) is 5.96. The van der Waals surface area contributed by atoms with E-state index in [4.69, 9.17) is 9.26 Å². The molecule has 1 aromatic heterocycles. The highest BCUT2D eigenvalue weighted by Gasteiger charge is 2.31. The highest BCUT2D eigenvalue weighted by molar-refractivity contribution is 6.10. The Kier molecular flexibility index (Phi) is 5.11. The van der Waals surface area contributed by atoms with Gasteiger partial charge in [-0.15, -0.1) is 0 Å². The summed E-state index contributed by atoms with van der Waals surface area (Å²) in [6.45, 7) is 6.39. The van der Waals surface area contributed by atoms with E-state index in [2.05, 4.69) is 10.5 Å². The molecule has 2 aromatic rings. The highest BCUT2D eigenvalue weighted by Crippen LogP contribution is 2.30. The molecule has 1 heterocycles. The molecule has 0 saturated heterocycles. The maximum Gasteiger partial charge on any atom is 0.416 e. The highest BCUT2D eigenvalue weighted by atomic mass is 19.4. The SMILES string of the molecule is Cc1onc(C(=O)OC(C)(C)C)c1C(=O)Nc1ccc(C(F)(F)F)cc1. The lowest BCUT2D eigenvalue weighted by Crippen LogP contribution is -2.26. The molecule has 1 amide bonds. The molecule has 140 valence electrons. The van der Waals surface area contributed by atoms with Crippen LogP contribution in [0.1, 0.15) is 52.9 Å². The predicted molar refractivity (Wildman–Crippen MR) is 85.8 cm³/mol. The van der Waals surface area contributed by atoms with Gasteiger partial charge >= 0.3 is 12.1 Å². The van der Waals surface area contributed by atoms with E-state index in [0.717, 1.165) is 24.3 Å². The lowest BCUT2D eigenvalue weighted by molar-refractivity contribution is -0.137. The number of nitrogens with one attached hydrogen (secondary N) is 1. The van der Waals surface area contributed by atoms with Crippen LogP contribution in [0.25, 0.3) is 0 Å². The number of amides is 1. The van der Waals surface area contributed by atoms with Gasteiger partial charge in [0.15, 0.2) is 0 Å². The maximum atomic E-state index is 12.6. The largest absolute Gasteiger partial charge is 0.455 e. The monoisotopic (exact) mass is 370 g/mol. The summed E-state index contributed by atoms with van der Waals surface area (Å²) in [6.07, 6.45) is -4.47. The Hall–Kier alpha value is -2.84. The molecule has 0 spiro atoms. The number of alkyl halides is 3. The van der Waals surface area contributed by atoms with Gasteiger partial charge in [0, 0.05) is 5.69 Å². The van der Waals surface area contributed by atoms with Crippen molar-refractivity contribution in [1.82, 2.24) is 5.16 Å². The number of esters is 1. The summed E-state index contributed by atoms with van der Waals surface area (Å²) >= 11 is 0. The van der Waals surface area contributed by atoms with Crippen LogP contribution in [0.2, 0.25) is 0 Å². The van der Waals surface area contributed by atoms with Crippen LogP contribution < -0.4 is 5.32 Å². The van der Waals surface area contributed by atoms with Crippen LogP contribution in [0, 0.1) is 6.92 Å². The zero-order chi connectivity index (χ0) is 19.7. The minimum absolute atomic E-state index is 0.0790. The zero-order valence-corrected chi connectivity index (χ0v) is 14.5. The second-order valence-corrected chi connectivity index (χ2v) is 6.49. The third-order valence-electron chi connectivity index (χ3n) is 3.15. The average Bonchev–Trinajstić information content (AvgIpc) is 2.87. The molecule has 0 aliphatic heterocycles. The molecule has 9 heteroatoms. The molecule has 0 atom stereocenters. The summed E-state index contributed by atoms with van der Waals surface area (Å²) in [7, 11) is 0. The van der Waals surface area contributed by atoms with Crippen LogP contribution >= 0.6 is 0 Å². The quantitative estimate of drug-likeness (QED) is 0.819. The first kappa shape index (κ1) is 19.5. The van der Waals surface area contributed by atoms with Crippen LogP contribution in [0.5, 0.6) is 0 Å². The number of ether oxygens (including phenoxy) is 1. The van der Waals surface area contributed by atoms with E-state index in [9.17, 15) is 22.8 Å². The molecule has 0 saturated carbocycles. The van der Waals surface area contributed by atoms with E-state index >= 15 is 0 Å². The zero-order valence-electron chi connectivity index (χ0n) is 14.5. The Bertz CT molecular complexity index is 818. The van der Waals surface area contributed by atoms with Crippen LogP contribution in [0.3, 0.4) is 0 Å². The Morgan fingerprint density at radius 3 is 2.19 bits per heavy atom. The fraction of sp³-hybridized carbons (Fsp3) is 0.353. The molecule has 0 bridgehead atoms. The van der Waals surface area contributed by atoms with Gasteiger partial charge in [-0.1, -0.05) is 5.16 Å². The number of carbonyl (C=O) groups excluding carboxylic acids is 2. The maximum absolute atomic E-state index is 12.6. The molecule has 1 aromatic carbocycles. The Balaban J connectivity index is 2.23. The van der Waals surface area contributed by atoms with Crippen molar-refractivity contribution in [3.8, 4) is 0 Å². The first-order valence-electron chi connectivity index (χ1n) is 7.57. The number of aryl methyl sites for hydroxylation is 1. The van der Waals surface area contributed by atoms with Crippen LogP contribution in [0.4, 0.5) is 18.9 Å². The van der Waals surface area contributed by atoms with E-state index in [-0.39, 0.29) is 22.7 Å². The first-order chi connectivity index (χ1) is 11.9. The van der Waals surface area contributed by atoms with Crippen molar-refractivity contribution < 1.29 is 32.0 Å². The number of carbonyl (C=O) groups is 2. The molecule has 2 rings (SSSR count). The molecule has 0 radical (unpaired) electrons. The average molecular weight is 370 g/mol. The van der Waals surface area contributed by atoms with E-state index in [1.54, 1.807) is 20.8 Å². The lowest BCUT2D eigenvalue weighted by atomic mass is 10.1. The number of hydrogen-bond donors (Lipinski definition) is 1. The third kappa shape index (κ3) is 4.62. The fourth-order valence-corrected chi connectivity index (χ4v) is 2.04. The molecule has 0 aliphatic carbocycles. The van der Waals surface area contributed by atoms with Crippen molar-refractivity contribution in [1.29, 1.82) is 0 Å². The van der Waals surface area contributed by atoms with E-state index in [1.807, 2.05) is 0 Å². The number of nitrogens with zero attached hydrogens (tertiary/aromatic N) is 1. The second kappa shape index (κ2) is 6.81. The van der Waals surface area contributed by atoms with E-state index in [0.29, 0.717) is 0 Å². The summed E-state index contributed by atoms with van der Waals surface area (Å²) in [5.41, 5.74) is -1.96. The van der Waals surface area contributed by atoms with Gasteiger partial charge in [-0.3, -0.25) is 4.79 Å². The molecule has 0 aliphatic rings. The van der Waals surface area contributed by atoms with Crippen LogP contribution in [-0.4, -0.2) is 22.6 Å². The van der Waals surface area contributed by atoms with E-state index in [1.165, 1.54) is 6.92 Å². The fourth-order valence-electron chi connectivity index (χ4n) is 2.04. The third-order valence-corrected chi connectivity index (χ3v) is 3.15. The summed E-state index contributed by atoms with van der Waals surface area (Å²) in [4.78, 5) is 24.6. The first-order valence-corrected chi connectivity index (χ1v) is 7.57. The molecule has 0 fully saturated rings. The van der Waals surface area contributed by atoms with Gasteiger partial charge in [-0.05, 0) is 52.0 Å². The molecule has 0 unspecified atom stereocenters. The number of rotatable bonds is 3. The lowest BCUT2D eigenvalue weighted by Gasteiger charge is -2.18. The van der Waals surface area contributed by atoms with Crippen LogP contribution in [-0.2, 0) is 10.9 Å². The number of benzene rings is 1. The summed E-state index contributed by atoms with van der Waals surface area (Å²) < 4.78 is 47.8. The van der Waals surface area contributed by atoms with Crippen molar-refractivity contribution in [3.63, 3.8) is 0 Å². The standard InChI is InChI=1S/C17H17F3N2O4/c1-9-12(13(22-26-9)15(24)25-16(2,3)4)14(23)21-11-7-5-10(6-8-11)17(18,19)20/h5-8H,1-4H3,(H,21,23). The van der Waals surface area contributed by atoms with Gasteiger partial charge in [0.05, 0.1) is 5.56 Å². The molecular weight excluding hydrogens is 353 g/mol. The smallest absolute Gasteiger partial charge is 0.416 e. The normalized spacial score (nSPS) is 12.0. The molecule has 6 nitrogen and oxygen atoms in total. The second-order valence-electron chi connectivity index (χ2n) is 6.49. The van der Waals surface area contributed by atoms with Gasteiger partial charge in [-0.25, -0.2) is 4.79 Å². The summed E-state index contributed by atoms with van der Waals surface area (Å²) in [5.74, 6) is -1.51. The Morgan fingerprint density at radius 1 is 1.12 bits per heavy atom. The number of halogens is 3. The minimum atomic E-state index is -4.47. The summed E-state index contributed by atoms with van der Waals surface area (Å²) in [6, 6.07) is 3.89. The van der Waals surface area contributed by atoms with Crippen molar-refractivity contribution >= 4 is 17.6 Å². The van der Waals surface area contributed by atoms with Gasteiger partial charge in [0.1, 0.15) is 16.9 Å². The molecular formula is C17H17F3N2O4. The van der Waals surface area contributed by atoms with Gasteiger partial charge < -0.3 is 14.6 Å². The molecule has 26 heavy (non-hydrogen) atoms. The van der Waals surface area contributed by atoms with Crippen molar-refractivity contribution in [2.75, 3.05) is 5.32 Å². The number of anilines is 1. The Morgan fingerprint density at radius 2 is 1.69 bits per heavy atom. The number of hydrogen-bond acceptors (Lipinski definition) is 5.